The normalized spacial score (nSPS) is 10.1. The Morgan fingerprint density at radius 2 is 2.25 bits per heavy atom. The summed E-state index contributed by atoms with van der Waals surface area (Å²) in [5, 5.41) is 0. The lowest BCUT2D eigenvalue weighted by atomic mass is 10.1. The molecule has 0 bridgehead atoms. The molecule has 1 aromatic carbocycles. The topological polar surface area (TPSA) is 52.1 Å². The summed E-state index contributed by atoms with van der Waals surface area (Å²) in [5.74, 6) is 0.431. The van der Waals surface area contributed by atoms with E-state index in [0.29, 0.717) is 23.6 Å². The molecular weight excluding hydrogens is 224 g/mol. The van der Waals surface area contributed by atoms with Crippen LogP contribution in [0.3, 0.4) is 0 Å². The van der Waals surface area contributed by atoms with E-state index < -0.39 is 0 Å². The van der Waals surface area contributed by atoms with Crippen molar-refractivity contribution in [2.24, 2.45) is 0 Å². The number of hydrogen-bond donors (Lipinski definition) is 0. The summed E-state index contributed by atoms with van der Waals surface area (Å²) < 4.78 is 13.1. The smallest absolute Gasteiger partial charge is 0.217 e. The number of aromatic nitrogens is 2. The fourth-order valence-electron chi connectivity index (χ4n) is 1.34. The van der Waals surface area contributed by atoms with Gasteiger partial charge in [0, 0.05) is 0 Å². The lowest BCUT2D eigenvalue weighted by Crippen LogP contribution is -2.05. The lowest BCUT2D eigenvalue weighted by molar-refractivity contribution is 0.103. The Hall–Kier alpha value is -1.75. The van der Waals surface area contributed by atoms with Crippen molar-refractivity contribution in [3.8, 4) is 5.75 Å². The van der Waals surface area contributed by atoms with Crippen molar-refractivity contribution in [3.05, 3.63) is 41.7 Å². The van der Waals surface area contributed by atoms with E-state index in [9.17, 15) is 4.79 Å². The average Bonchev–Trinajstić information content (AvgIpc) is 2.83. The van der Waals surface area contributed by atoms with Gasteiger partial charge in [-0.1, -0.05) is 12.1 Å². The first-order valence-corrected chi connectivity index (χ1v) is 5.60. The highest BCUT2D eigenvalue weighted by molar-refractivity contribution is 6.99. The van der Waals surface area contributed by atoms with Crippen LogP contribution in [0, 0.1) is 0 Å². The van der Waals surface area contributed by atoms with E-state index in [2.05, 4.69) is 8.75 Å². The van der Waals surface area contributed by atoms with Crippen LogP contribution in [0.5, 0.6) is 5.75 Å². The Kier molecular flexibility index (Phi) is 3.26. The maximum Gasteiger partial charge on any atom is 0.217 e. The SMILES string of the molecule is CCOc1ccccc1C(=O)c1cnsn1. The third kappa shape index (κ3) is 2.09. The van der Waals surface area contributed by atoms with Crippen molar-refractivity contribution >= 4 is 17.5 Å². The van der Waals surface area contributed by atoms with Gasteiger partial charge in [0.05, 0.1) is 30.1 Å². The first-order chi connectivity index (χ1) is 7.83. The third-order valence-corrected chi connectivity index (χ3v) is 2.50. The molecule has 4 nitrogen and oxygen atoms in total. The minimum Gasteiger partial charge on any atom is -0.493 e. The molecule has 2 rings (SSSR count). The number of rotatable bonds is 4. The van der Waals surface area contributed by atoms with Gasteiger partial charge in [0.2, 0.25) is 5.78 Å². The van der Waals surface area contributed by atoms with E-state index in [-0.39, 0.29) is 5.78 Å². The molecule has 0 fully saturated rings. The second-order valence-corrected chi connectivity index (χ2v) is 3.61. The van der Waals surface area contributed by atoms with Gasteiger partial charge >= 0.3 is 0 Å². The predicted molar refractivity (Wildman–Crippen MR) is 61.0 cm³/mol. The quantitative estimate of drug-likeness (QED) is 0.761. The van der Waals surface area contributed by atoms with Crippen molar-refractivity contribution in [3.63, 3.8) is 0 Å². The average molecular weight is 234 g/mol. The Labute approximate surface area is 97.2 Å². The number of carbonyl (C=O) groups excluding carboxylic acids is 1. The Morgan fingerprint density at radius 3 is 2.94 bits per heavy atom. The maximum absolute atomic E-state index is 12.0. The zero-order chi connectivity index (χ0) is 11.4. The lowest BCUT2D eigenvalue weighted by Gasteiger charge is -2.07. The van der Waals surface area contributed by atoms with Crippen LogP contribution in [-0.2, 0) is 0 Å². The molecule has 16 heavy (non-hydrogen) atoms. The summed E-state index contributed by atoms with van der Waals surface area (Å²) in [5.41, 5.74) is 0.884. The molecule has 0 N–H and O–H groups in total. The summed E-state index contributed by atoms with van der Waals surface area (Å²) in [6.07, 6.45) is 1.47. The van der Waals surface area contributed by atoms with Gasteiger partial charge in [0.15, 0.2) is 0 Å². The van der Waals surface area contributed by atoms with Gasteiger partial charge < -0.3 is 4.74 Å². The second kappa shape index (κ2) is 4.85. The molecule has 1 heterocycles. The van der Waals surface area contributed by atoms with Gasteiger partial charge in [0.1, 0.15) is 11.4 Å². The first kappa shape index (κ1) is 10.8. The summed E-state index contributed by atoms with van der Waals surface area (Å²) >= 11 is 1.02. The maximum atomic E-state index is 12.0. The van der Waals surface area contributed by atoms with E-state index in [1.165, 1.54) is 6.20 Å². The fraction of sp³-hybridized carbons (Fsp3) is 0.182. The van der Waals surface area contributed by atoms with Gasteiger partial charge in [-0.25, -0.2) is 0 Å². The monoisotopic (exact) mass is 234 g/mol. The van der Waals surface area contributed by atoms with Crippen molar-refractivity contribution in [2.45, 2.75) is 6.92 Å². The highest BCUT2D eigenvalue weighted by Crippen LogP contribution is 2.20. The summed E-state index contributed by atoms with van der Waals surface area (Å²) in [6.45, 7) is 2.41. The van der Waals surface area contributed by atoms with Crippen LogP contribution in [0.2, 0.25) is 0 Å². The zero-order valence-electron chi connectivity index (χ0n) is 8.71. The van der Waals surface area contributed by atoms with E-state index in [4.69, 9.17) is 4.74 Å². The molecule has 1 aromatic heterocycles. The molecule has 5 heteroatoms. The van der Waals surface area contributed by atoms with Gasteiger partial charge in [-0.2, -0.15) is 8.75 Å². The number of para-hydroxylation sites is 1. The van der Waals surface area contributed by atoms with Crippen molar-refractivity contribution in [1.82, 2.24) is 8.75 Å². The van der Waals surface area contributed by atoms with Gasteiger partial charge in [0.25, 0.3) is 0 Å². The molecule has 0 amide bonds. The first-order valence-electron chi connectivity index (χ1n) is 4.87. The van der Waals surface area contributed by atoms with Crippen molar-refractivity contribution < 1.29 is 9.53 Å². The summed E-state index contributed by atoms with van der Waals surface area (Å²) in [6, 6.07) is 7.14. The van der Waals surface area contributed by atoms with Crippen molar-refractivity contribution in [1.29, 1.82) is 0 Å². The molecule has 82 valence electrons. The molecule has 0 saturated carbocycles. The number of ether oxygens (including phenoxy) is 1. The minimum atomic E-state index is -0.155. The number of benzene rings is 1. The van der Waals surface area contributed by atoms with E-state index in [1.807, 2.05) is 13.0 Å². The number of nitrogens with zero attached hydrogens (tertiary/aromatic N) is 2. The highest BCUT2D eigenvalue weighted by atomic mass is 32.1. The number of ketones is 1. The Morgan fingerprint density at radius 1 is 1.44 bits per heavy atom. The van der Waals surface area contributed by atoms with E-state index in [0.717, 1.165) is 11.7 Å². The zero-order valence-corrected chi connectivity index (χ0v) is 9.53. The molecule has 2 aromatic rings. The molecule has 0 saturated heterocycles. The fourth-order valence-corrected chi connectivity index (χ4v) is 1.75. The van der Waals surface area contributed by atoms with Crippen LogP contribution in [0.25, 0.3) is 0 Å². The van der Waals surface area contributed by atoms with Crippen LogP contribution in [0.15, 0.2) is 30.5 Å². The van der Waals surface area contributed by atoms with Crippen LogP contribution in [-0.4, -0.2) is 21.1 Å². The Bertz CT molecular complexity index is 482. The molecule has 0 unspecified atom stereocenters. The van der Waals surface area contributed by atoms with Crippen molar-refractivity contribution in [2.75, 3.05) is 6.61 Å². The standard InChI is InChI=1S/C11H10N2O2S/c1-2-15-10-6-4-3-5-8(10)11(14)9-7-12-16-13-9/h3-7H,2H2,1H3. The van der Waals surface area contributed by atoms with E-state index >= 15 is 0 Å². The predicted octanol–water partition coefficient (Wildman–Crippen LogP) is 2.17. The largest absolute Gasteiger partial charge is 0.493 e. The molecular formula is C11H10N2O2S. The molecule has 0 radical (unpaired) electrons. The van der Waals surface area contributed by atoms with Crippen LogP contribution < -0.4 is 4.74 Å². The Balaban J connectivity index is 2.36. The molecule has 0 aliphatic carbocycles. The van der Waals surface area contributed by atoms with Gasteiger partial charge in [-0.15, -0.1) is 0 Å². The molecule has 0 atom stereocenters. The molecule has 0 aliphatic rings. The van der Waals surface area contributed by atoms with E-state index in [1.54, 1.807) is 18.2 Å². The van der Waals surface area contributed by atoms with Gasteiger partial charge in [-0.05, 0) is 19.1 Å². The number of carbonyl (C=O) groups is 1. The highest BCUT2D eigenvalue weighted by Gasteiger charge is 2.16. The number of hydrogen-bond acceptors (Lipinski definition) is 5. The molecule has 0 aliphatic heterocycles. The van der Waals surface area contributed by atoms with Crippen LogP contribution in [0.1, 0.15) is 23.0 Å². The van der Waals surface area contributed by atoms with Crippen LogP contribution >= 0.6 is 11.7 Å². The summed E-state index contributed by atoms with van der Waals surface area (Å²) in [7, 11) is 0. The summed E-state index contributed by atoms with van der Waals surface area (Å²) in [4.78, 5) is 12.0. The molecule has 0 spiro atoms. The van der Waals surface area contributed by atoms with Gasteiger partial charge in [-0.3, -0.25) is 4.79 Å². The van der Waals surface area contributed by atoms with Crippen LogP contribution in [0.4, 0.5) is 0 Å². The third-order valence-electron chi connectivity index (χ3n) is 2.03. The second-order valence-electron chi connectivity index (χ2n) is 3.05. The minimum absolute atomic E-state index is 0.155.